The molecule has 0 saturated carbocycles. The highest BCUT2D eigenvalue weighted by molar-refractivity contribution is 6.16. The first kappa shape index (κ1) is 14.0. The maximum atomic E-state index is 13.9. The van der Waals surface area contributed by atoms with Gasteiger partial charge in [-0.25, -0.2) is 13.8 Å². The molecular formula is C16H13ClF2N2. The molecule has 1 aromatic heterocycles. The zero-order valence-corrected chi connectivity index (χ0v) is 12.2. The second-order valence-corrected chi connectivity index (χ2v) is 5.24. The van der Waals surface area contributed by atoms with Gasteiger partial charge < -0.3 is 4.57 Å². The van der Waals surface area contributed by atoms with E-state index < -0.39 is 11.6 Å². The maximum absolute atomic E-state index is 13.9. The number of rotatable bonds is 3. The van der Waals surface area contributed by atoms with Crippen LogP contribution in [0.1, 0.15) is 17.0 Å². The Balaban J connectivity index is 2.12. The van der Waals surface area contributed by atoms with Crippen molar-refractivity contribution in [2.75, 3.05) is 0 Å². The number of hydrogen-bond donors (Lipinski definition) is 0. The third kappa shape index (κ3) is 2.63. The van der Waals surface area contributed by atoms with E-state index in [2.05, 4.69) is 4.98 Å². The number of fused-ring (bicyclic) bond motifs is 1. The van der Waals surface area contributed by atoms with E-state index in [0.717, 1.165) is 22.7 Å². The van der Waals surface area contributed by atoms with Crippen molar-refractivity contribution in [3.8, 4) is 0 Å². The quantitative estimate of drug-likeness (QED) is 0.655. The molecule has 108 valence electrons. The van der Waals surface area contributed by atoms with Crippen LogP contribution >= 0.6 is 11.6 Å². The van der Waals surface area contributed by atoms with E-state index in [9.17, 15) is 8.78 Å². The monoisotopic (exact) mass is 306 g/mol. The first-order valence-corrected chi connectivity index (χ1v) is 7.07. The molecular weight excluding hydrogens is 294 g/mol. The molecule has 1 heterocycles. The number of hydrogen-bond acceptors (Lipinski definition) is 1. The van der Waals surface area contributed by atoms with E-state index in [-0.39, 0.29) is 12.4 Å². The molecule has 0 spiro atoms. The fraction of sp³-hybridized carbons (Fsp3) is 0.188. The lowest BCUT2D eigenvalue weighted by Gasteiger charge is -2.09. The molecule has 21 heavy (non-hydrogen) atoms. The van der Waals surface area contributed by atoms with E-state index in [4.69, 9.17) is 11.6 Å². The highest BCUT2D eigenvalue weighted by Gasteiger charge is 2.12. The Morgan fingerprint density at radius 1 is 1.14 bits per heavy atom. The number of halogens is 3. The molecule has 5 heteroatoms. The normalized spacial score (nSPS) is 11.2. The second-order valence-electron chi connectivity index (χ2n) is 4.98. The summed E-state index contributed by atoms with van der Waals surface area (Å²) in [6.45, 7) is 2.25. The van der Waals surface area contributed by atoms with Gasteiger partial charge in [0.2, 0.25) is 0 Å². The van der Waals surface area contributed by atoms with Gasteiger partial charge in [-0.05, 0) is 30.7 Å². The molecule has 0 aliphatic carbocycles. The first-order chi connectivity index (χ1) is 10.1. The SMILES string of the molecule is Cc1ccc2nc(CCl)n(Cc3ccc(F)cc3F)c2c1. The van der Waals surface area contributed by atoms with Gasteiger partial charge in [0.1, 0.15) is 17.5 Å². The van der Waals surface area contributed by atoms with Crippen molar-refractivity contribution in [3.63, 3.8) is 0 Å². The van der Waals surface area contributed by atoms with E-state index in [1.54, 1.807) is 0 Å². The second kappa shape index (κ2) is 5.45. The lowest BCUT2D eigenvalue weighted by Crippen LogP contribution is -2.06. The highest BCUT2D eigenvalue weighted by Crippen LogP contribution is 2.21. The molecule has 2 nitrogen and oxygen atoms in total. The molecule has 0 radical (unpaired) electrons. The van der Waals surface area contributed by atoms with Crippen LogP contribution in [0.5, 0.6) is 0 Å². The zero-order valence-electron chi connectivity index (χ0n) is 11.4. The number of aromatic nitrogens is 2. The Labute approximate surface area is 126 Å². The highest BCUT2D eigenvalue weighted by atomic mass is 35.5. The summed E-state index contributed by atoms with van der Waals surface area (Å²) >= 11 is 5.94. The predicted molar refractivity (Wildman–Crippen MR) is 79.5 cm³/mol. The lowest BCUT2D eigenvalue weighted by molar-refractivity contribution is 0.566. The van der Waals surface area contributed by atoms with Crippen molar-refractivity contribution < 1.29 is 8.78 Å². The van der Waals surface area contributed by atoms with Gasteiger partial charge in [-0.15, -0.1) is 11.6 Å². The van der Waals surface area contributed by atoms with Gasteiger partial charge >= 0.3 is 0 Å². The van der Waals surface area contributed by atoms with Gasteiger partial charge in [-0.1, -0.05) is 12.1 Å². The number of benzene rings is 2. The van der Waals surface area contributed by atoms with Gasteiger partial charge in [0.05, 0.1) is 23.5 Å². The minimum atomic E-state index is -0.583. The average Bonchev–Trinajstić information content (AvgIpc) is 2.79. The summed E-state index contributed by atoms with van der Waals surface area (Å²) in [4.78, 5) is 4.45. The molecule has 0 fully saturated rings. The zero-order chi connectivity index (χ0) is 15.0. The molecule has 0 saturated heterocycles. The van der Waals surface area contributed by atoms with Gasteiger partial charge in [0.15, 0.2) is 0 Å². The standard InChI is InChI=1S/C16H13ClF2N2/c1-10-2-5-14-15(6-10)21(16(8-17)20-14)9-11-3-4-12(18)7-13(11)19/h2-7H,8-9H2,1H3. The summed E-state index contributed by atoms with van der Waals surface area (Å²) in [5, 5.41) is 0. The molecule has 0 aliphatic heterocycles. The van der Waals surface area contributed by atoms with E-state index in [0.29, 0.717) is 11.4 Å². The van der Waals surface area contributed by atoms with Crippen molar-refractivity contribution in [1.82, 2.24) is 9.55 Å². The number of alkyl halides is 1. The third-order valence-corrected chi connectivity index (χ3v) is 3.68. The summed E-state index contributed by atoms with van der Waals surface area (Å²) in [6, 6.07) is 9.46. The smallest absolute Gasteiger partial charge is 0.131 e. The van der Waals surface area contributed by atoms with E-state index in [1.165, 1.54) is 12.1 Å². The summed E-state index contributed by atoms with van der Waals surface area (Å²) in [7, 11) is 0. The number of imidazole rings is 1. The van der Waals surface area contributed by atoms with Gasteiger partial charge in [0.25, 0.3) is 0 Å². The topological polar surface area (TPSA) is 17.8 Å². The van der Waals surface area contributed by atoms with Crippen LogP contribution < -0.4 is 0 Å². The van der Waals surface area contributed by atoms with Crippen molar-refractivity contribution in [2.45, 2.75) is 19.3 Å². The van der Waals surface area contributed by atoms with Crippen LogP contribution in [0.15, 0.2) is 36.4 Å². The molecule has 2 aromatic carbocycles. The van der Waals surface area contributed by atoms with Crippen LogP contribution in [-0.2, 0) is 12.4 Å². The first-order valence-electron chi connectivity index (χ1n) is 6.54. The van der Waals surface area contributed by atoms with Crippen molar-refractivity contribution in [3.05, 3.63) is 65.0 Å². The van der Waals surface area contributed by atoms with Crippen LogP contribution in [0.3, 0.4) is 0 Å². The van der Waals surface area contributed by atoms with Gasteiger partial charge in [-0.2, -0.15) is 0 Å². The van der Waals surface area contributed by atoms with Crippen LogP contribution in [-0.4, -0.2) is 9.55 Å². The molecule has 0 N–H and O–H groups in total. The van der Waals surface area contributed by atoms with Crippen molar-refractivity contribution >= 4 is 22.6 Å². The molecule has 3 aromatic rings. The molecule has 0 aliphatic rings. The largest absolute Gasteiger partial charge is 0.322 e. The Morgan fingerprint density at radius 2 is 1.95 bits per heavy atom. The molecule has 0 amide bonds. The van der Waals surface area contributed by atoms with Crippen LogP contribution in [0.2, 0.25) is 0 Å². The molecule has 3 rings (SSSR count). The summed E-state index contributed by atoms with van der Waals surface area (Å²) in [5.74, 6) is -0.248. The van der Waals surface area contributed by atoms with Crippen LogP contribution in [0.25, 0.3) is 11.0 Å². The summed E-state index contributed by atoms with van der Waals surface area (Å²) in [5.41, 5.74) is 3.21. The Bertz CT molecular complexity index is 811. The third-order valence-electron chi connectivity index (χ3n) is 3.45. The molecule has 0 unspecified atom stereocenters. The van der Waals surface area contributed by atoms with E-state index in [1.807, 2.05) is 29.7 Å². The maximum Gasteiger partial charge on any atom is 0.131 e. The Morgan fingerprint density at radius 3 is 2.67 bits per heavy atom. The Hall–Kier alpha value is -1.94. The summed E-state index contributed by atoms with van der Waals surface area (Å²) in [6.07, 6.45) is 0. The minimum Gasteiger partial charge on any atom is -0.322 e. The fourth-order valence-electron chi connectivity index (χ4n) is 2.38. The molecule has 0 bridgehead atoms. The molecule has 0 atom stereocenters. The average molecular weight is 307 g/mol. The van der Waals surface area contributed by atoms with Crippen molar-refractivity contribution in [1.29, 1.82) is 0 Å². The van der Waals surface area contributed by atoms with Crippen LogP contribution in [0, 0.1) is 18.6 Å². The van der Waals surface area contributed by atoms with E-state index >= 15 is 0 Å². The summed E-state index contributed by atoms with van der Waals surface area (Å²) < 4.78 is 28.7. The predicted octanol–water partition coefficient (Wildman–Crippen LogP) is 4.41. The lowest BCUT2D eigenvalue weighted by atomic mass is 10.2. The number of nitrogens with zero attached hydrogens (tertiary/aromatic N) is 2. The number of aryl methyl sites for hydroxylation is 1. The van der Waals surface area contributed by atoms with Gasteiger partial charge in [0, 0.05) is 11.6 Å². The van der Waals surface area contributed by atoms with Gasteiger partial charge in [-0.3, -0.25) is 0 Å². The van der Waals surface area contributed by atoms with Crippen molar-refractivity contribution in [2.24, 2.45) is 0 Å². The van der Waals surface area contributed by atoms with Crippen LogP contribution in [0.4, 0.5) is 8.78 Å². The Kier molecular flexibility index (Phi) is 3.64. The fourth-order valence-corrected chi connectivity index (χ4v) is 2.59. The minimum absolute atomic E-state index is 0.233.